The zero-order valence-corrected chi connectivity index (χ0v) is 16.3. The Morgan fingerprint density at radius 3 is 2.52 bits per heavy atom. The lowest BCUT2D eigenvalue weighted by Crippen LogP contribution is -2.28. The van der Waals surface area contributed by atoms with E-state index in [1.165, 1.54) is 6.07 Å². The average Bonchev–Trinajstić information content (AvgIpc) is 3.22. The van der Waals surface area contributed by atoms with Gasteiger partial charge in [-0.25, -0.2) is 9.97 Å². The molecule has 1 fully saturated rings. The number of nitrogens with two attached hydrogens (primary N) is 1. The van der Waals surface area contributed by atoms with Crippen LogP contribution in [-0.4, -0.2) is 35.1 Å². The zero-order valence-electron chi connectivity index (χ0n) is 16.3. The van der Waals surface area contributed by atoms with Crippen LogP contribution in [0.2, 0.25) is 0 Å². The number of nitrogens with zero attached hydrogens (tertiary/aromatic N) is 3. The van der Waals surface area contributed by atoms with E-state index in [1.807, 2.05) is 41.3 Å². The van der Waals surface area contributed by atoms with Crippen molar-refractivity contribution in [2.75, 3.05) is 18.0 Å². The summed E-state index contributed by atoms with van der Waals surface area (Å²) in [5.74, 6) is -0.519. The third-order valence-corrected chi connectivity index (χ3v) is 5.01. The topological polar surface area (TPSA) is 81.3 Å². The highest BCUT2D eigenvalue weighted by atomic mass is 19.4. The van der Waals surface area contributed by atoms with Crippen LogP contribution in [0.15, 0.2) is 60.8 Å². The fourth-order valence-electron chi connectivity index (χ4n) is 3.49. The minimum absolute atomic E-state index is 0.118. The van der Waals surface area contributed by atoms with E-state index in [2.05, 4.69) is 9.97 Å². The highest BCUT2D eigenvalue weighted by Crippen LogP contribution is 2.31. The Labute approximate surface area is 176 Å². The van der Waals surface area contributed by atoms with Gasteiger partial charge in [-0.15, -0.1) is 0 Å². The van der Waals surface area contributed by atoms with E-state index in [0.29, 0.717) is 30.9 Å². The number of hydrogen-bond donors (Lipinski definition) is 1. The number of carbonyl (C=O) groups is 1. The predicted octanol–water partition coefficient (Wildman–Crippen LogP) is 3.92. The molecule has 2 N–H and O–H groups in total. The quantitative estimate of drug-likeness (QED) is 0.666. The van der Waals surface area contributed by atoms with Crippen molar-refractivity contribution < 1.29 is 22.7 Å². The summed E-state index contributed by atoms with van der Waals surface area (Å²) in [5.41, 5.74) is 7.01. The zero-order chi connectivity index (χ0) is 22.0. The summed E-state index contributed by atoms with van der Waals surface area (Å²) in [6.07, 6.45) is -3.38. The summed E-state index contributed by atoms with van der Waals surface area (Å²) in [5, 5.41) is 0. The maximum atomic E-state index is 12.7. The first-order valence-electron chi connectivity index (χ1n) is 9.62. The lowest BCUT2D eigenvalue weighted by Gasteiger charge is -2.21. The second kappa shape index (κ2) is 8.25. The number of ether oxygens (including phenoxy) is 1. The van der Waals surface area contributed by atoms with Crippen molar-refractivity contribution in [1.82, 2.24) is 9.97 Å². The molecule has 1 aliphatic heterocycles. The number of rotatable bonds is 5. The first-order valence-corrected chi connectivity index (χ1v) is 9.62. The molecule has 1 aliphatic rings. The monoisotopic (exact) mass is 428 g/mol. The summed E-state index contributed by atoms with van der Waals surface area (Å²) in [6.45, 7) is 1.01. The van der Waals surface area contributed by atoms with Gasteiger partial charge in [0.15, 0.2) is 5.69 Å². The largest absolute Gasteiger partial charge is 0.472 e. The van der Waals surface area contributed by atoms with Gasteiger partial charge < -0.3 is 15.4 Å². The Kier molecular flexibility index (Phi) is 5.50. The van der Waals surface area contributed by atoms with Gasteiger partial charge in [-0.05, 0) is 18.2 Å². The fourth-order valence-corrected chi connectivity index (χ4v) is 3.49. The molecule has 0 bridgehead atoms. The highest BCUT2D eigenvalue weighted by Gasteiger charge is 2.31. The van der Waals surface area contributed by atoms with E-state index in [1.54, 1.807) is 6.07 Å². The van der Waals surface area contributed by atoms with Crippen LogP contribution in [-0.2, 0) is 6.18 Å². The van der Waals surface area contributed by atoms with Gasteiger partial charge in [0, 0.05) is 30.8 Å². The molecule has 9 heteroatoms. The Morgan fingerprint density at radius 1 is 1.10 bits per heavy atom. The number of amides is 1. The van der Waals surface area contributed by atoms with Crippen LogP contribution < -0.4 is 15.4 Å². The first-order chi connectivity index (χ1) is 14.8. The molecule has 3 heterocycles. The number of benzene rings is 1. The molecule has 1 amide bonds. The van der Waals surface area contributed by atoms with Crippen molar-refractivity contribution >= 4 is 11.6 Å². The summed E-state index contributed by atoms with van der Waals surface area (Å²) in [4.78, 5) is 22.2. The van der Waals surface area contributed by atoms with Crippen molar-refractivity contribution in [2.24, 2.45) is 5.73 Å². The number of anilines is 1. The number of halogens is 3. The highest BCUT2D eigenvalue weighted by molar-refractivity contribution is 5.97. The van der Waals surface area contributed by atoms with E-state index >= 15 is 0 Å². The minimum atomic E-state index is -4.44. The van der Waals surface area contributed by atoms with Crippen LogP contribution in [0.25, 0.3) is 11.3 Å². The fraction of sp³-hybridized carbons (Fsp3) is 0.227. The Morgan fingerprint density at radius 2 is 1.87 bits per heavy atom. The van der Waals surface area contributed by atoms with E-state index < -0.39 is 17.6 Å². The molecule has 0 unspecified atom stereocenters. The van der Waals surface area contributed by atoms with Gasteiger partial charge in [-0.1, -0.05) is 30.3 Å². The second-order valence-corrected chi connectivity index (χ2v) is 7.15. The number of aromatic nitrogens is 2. The van der Waals surface area contributed by atoms with Gasteiger partial charge in [-0.3, -0.25) is 4.79 Å². The van der Waals surface area contributed by atoms with Gasteiger partial charge in [0.05, 0.1) is 23.5 Å². The number of carbonyl (C=O) groups excluding carboxylic acids is 1. The summed E-state index contributed by atoms with van der Waals surface area (Å²) >= 11 is 0. The van der Waals surface area contributed by atoms with E-state index in [9.17, 15) is 18.0 Å². The maximum Gasteiger partial charge on any atom is 0.417 e. The van der Waals surface area contributed by atoms with E-state index in [-0.39, 0.29) is 17.7 Å². The lowest BCUT2D eigenvalue weighted by atomic mass is 10.1. The Bertz CT molecular complexity index is 1070. The first kappa shape index (κ1) is 20.6. The average molecular weight is 428 g/mol. The molecule has 3 aromatic rings. The molecular formula is C22H19F3N4O2. The van der Waals surface area contributed by atoms with Crippen molar-refractivity contribution in [3.63, 3.8) is 0 Å². The van der Waals surface area contributed by atoms with Gasteiger partial charge in [0.2, 0.25) is 5.88 Å². The van der Waals surface area contributed by atoms with Crippen molar-refractivity contribution in [2.45, 2.75) is 18.7 Å². The van der Waals surface area contributed by atoms with Crippen LogP contribution in [0, 0.1) is 0 Å². The normalized spacial score (nSPS) is 16.4. The van der Waals surface area contributed by atoms with Crippen LogP contribution in [0.3, 0.4) is 0 Å². The summed E-state index contributed by atoms with van der Waals surface area (Å²) in [6, 6.07) is 15.2. The SMILES string of the molecule is NC(=O)c1nc(-c2ccccc2)ccc1N1CC[C@@H](Oc2ccc(C(F)(F)F)cn2)C1. The predicted molar refractivity (Wildman–Crippen MR) is 109 cm³/mol. The number of pyridine rings is 2. The third kappa shape index (κ3) is 4.60. The Hall–Kier alpha value is -3.62. The van der Waals surface area contributed by atoms with Crippen LogP contribution in [0.5, 0.6) is 5.88 Å². The lowest BCUT2D eigenvalue weighted by molar-refractivity contribution is -0.137. The van der Waals surface area contributed by atoms with Gasteiger partial charge >= 0.3 is 6.18 Å². The molecule has 4 rings (SSSR count). The number of primary amides is 1. The third-order valence-electron chi connectivity index (χ3n) is 5.01. The molecule has 1 aromatic carbocycles. The van der Waals surface area contributed by atoms with Crippen molar-refractivity contribution in [3.8, 4) is 17.1 Å². The summed E-state index contributed by atoms with van der Waals surface area (Å²) < 4.78 is 43.7. The molecule has 0 spiro atoms. The van der Waals surface area contributed by atoms with Crippen LogP contribution in [0.1, 0.15) is 22.5 Å². The van der Waals surface area contributed by atoms with Gasteiger partial charge in [0.25, 0.3) is 5.91 Å². The van der Waals surface area contributed by atoms with Crippen molar-refractivity contribution in [3.05, 3.63) is 72.1 Å². The summed E-state index contributed by atoms with van der Waals surface area (Å²) in [7, 11) is 0. The minimum Gasteiger partial charge on any atom is -0.472 e. The molecule has 6 nitrogen and oxygen atoms in total. The van der Waals surface area contributed by atoms with E-state index in [0.717, 1.165) is 17.8 Å². The molecule has 0 radical (unpaired) electrons. The molecule has 0 aliphatic carbocycles. The van der Waals surface area contributed by atoms with Crippen LogP contribution in [0.4, 0.5) is 18.9 Å². The molecule has 31 heavy (non-hydrogen) atoms. The van der Waals surface area contributed by atoms with Crippen LogP contribution >= 0.6 is 0 Å². The standard InChI is InChI=1S/C22H19F3N4O2/c23-22(24,25)15-6-9-19(27-12-15)31-16-10-11-29(13-16)18-8-7-17(28-20(18)21(26)30)14-4-2-1-3-5-14/h1-9,12,16H,10-11,13H2,(H2,26,30)/t16-/m1/s1. The van der Waals surface area contributed by atoms with E-state index in [4.69, 9.17) is 10.5 Å². The maximum absolute atomic E-state index is 12.7. The number of hydrogen-bond acceptors (Lipinski definition) is 5. The molecule has 1 saturated heterocycles. The second-order valence-electron chi connectivity index (χ2n) is 7.15. The molecular weight excluding hydrogens is 409 g/mol. The van der Waals surface area contributed by atoms with Gasteiger partial charge in [0.1, 0.15) is 6.10 Å². The number of alkyl halides is 3. The Balaban J connectivity index is 1.49. The molecule has 2 aromatic heterocycles. The van der Waals surface area contributed by atoms with Crippen molar-refractivity contribution in [1.29, 1.82) is 0 Å². The molecule has 1 atom stereocenters. The molecule has 160 valence electrons. The van der Waals surface area contributed by atoms with Gasteiger partial charge in [-0.2, -0.15) is 13.2 Å². The smallest absolute Gasteiger partial charge is 0.417 e. The molecule has 0 saturated carbocycles.